The Morgan fingerprint density at radius 1 is 0.521 bits per heavy atom. The number of halogens is 8. The Balaban J connectivity index is 0.000000314. The fraction of sp³-hybridized carbons (Fsp3) is 0.378. The van der Waals surface area contributed by atoms with Crippen molar-refractivity contribution in [1.82, 2.24) is 38.7 Å². The van der Waals surface area contributed by atoms with Crippen molar-refractivity contribution < 1.29 is 105 Å². The molecule has 96 heavy (non-hydrogen) atoms. The Morgan fingerprint density at radius 2 is 0.906 bits per heavy atom. The van der Waals surface area contributed by atoms with E-state index in [1.54, 1.807) is 0 Å². The van der Waals surface area contributed by atoms with Gasteiger partial charge in [0, 0.05) is 97.9 Å². The molecule has 0 N–H and O–H groups in total. The van der Waals surface area contributed by atoms with Crippen LogP contribution in [0.4, 0.5) is 35.1 Å². The highest BCUT2D eigenvalue weighted by Crippen LogP contribution is 2.37. The molecule has 2 amide bonds. The Hall–Kier alpha value is -7.92. The molecule has 0 saturated carbocycles. The van der Waals surface area contributed by atoms with Gasteiger partial charge >= 0.3 is 12.4 Å². The van der Waals surface area contributed by atoms with Crippen molar-refractivity contribution in [3.8, 4) is 22.3 Å². The summed E-state index contributed by atoms with van der Waals surface area (Å²) >= 11 is -0.653. The second-order valence-corrected chi connectivity index (χ2v) is 21.4. The normalized spacial score (nSPS) is 22.2. The maximum atomic E-state index is 15.2. The molecule has 2 heterocycles. The van der Waals surface area contributed by atoms with Crippen molar-refractivity contribution in [1.29, 1.82) is 0 Å². The van der Waals surface area contributed by atoms with Gasteiger partial charge < -0.3 is 28.7 Å². The molecule has 12 nitrogen and oxygen atoms in total. The van der Waals surface area contributed by atoms with E-state index >= 15 is 4.79 Å². The van der Waals surface area contributed by atoms with Gasteiger partial charge in [0.15, 0.2) is 10.3 Å². The minimum absolute atomic E-state index is 0.00473. The predicted molar refractivity (Wildman–Crippen MR) is 363 cm³/mol. The van der Waals surface area contributed by atoms with E-state index in [1.807, 2.05) is 0 Å². The second-order valence-electron chi connectivity index (χ2n) is 19.8. The summed E-state index contributed by atoms with van der Waals surface area (Å²) in [6.45, 7) is -18.9. The molecule has 2 aliphatic rings. The first-order valence-electron chi connectivity index (χ1n) is 50.0. The van der Waals surface area contributed by atoms with Crippen molar-refractivity contribution in [2.75, 3.05) is 52.2 Å². The van der Waals surface area contributed by atoms with Crippen molar-refractivity contribution in [3.63, 3.8) is 0 Å². The molecule has 0 spiro atoms. The summed E-state index contributed by atoms with van der Waals surface area (Å²) in [6.07, 6.45) is -21.9. The molecule has 0 bridgehead atoms. The maximum Gasteiger partial charge on any atom is 0.416 e. The predicted octanol–water partition coefficient (Wildman–Crippen LogP) is 15.1. The second kappa shape index (κ2) is 32.9. The third-order valence-electron chi connectivity index (χ3n) is 13.6. The number of alkyl halides is 6. The first-order chi connectivity index (χ1) is 63.1. The summed E-state index contributed by atoms with van der Waals surface area (Å²) in [7, 11) is 0. The van der Waals surface area contributed by atoms with Gasteiger partial charge in [-0.25, -0.2) is 8.78 Å². The fourth-order valence-corrected chi connectivity index (χ4v) is 10.2. The lowest BCUT2D eigenvalue weighted by Gasteiger charge is -2.28. The summed E-state index contributed by atoms with van der Waals surface area (Å²) in [5.74, 6) is -7.09. The van der Waals surface area contributed by atoms with Crippen LogP contribution in [0.1, 0.15) is 168 Å². The van der Waals surface area contributed by atoms with E-state index in [0.717, 1.165) is 41.5 Å². The zero-order valence-electron chi connectivity index (χ0n) is 94.9. The van der Waals surface area contributed by atoms with Gasteiger partial charge in [-0.05, 0) is 170 Å². The molecule has 0 unspecified atom stereocenters. The van der Waals surface area contributed by atoms with Crippen LogP contribution in [0.2, 0.25) is 0 Å². The van der Waals surface area contributed by atoms with Crippen molar-refractivity contribution >= 4 is 35.3 Å². The monoisotopic (exact) mass is 1400 g/mol. The minimum Gasteiger partial charge on any atom is -0.336 e. The van der Waals surface area contributed by atoms with Gasteiger partial charge in [0.2, 0.25) is 11.8 Å². The van der Waals surface area contributed by atoms with Gasteiger partial charge in [-0.2, -0.15) is 36.3 Å². The molecule has 22 heteroatoms. The highest BCUT2D eigenvalue weighted by molar-refractivity contribution is 7.98. The Kier molecular flexibility index (Phi) is 11.7. The van der Waals surface area contributed by atoms with Crippen LogP contribution in [0.3, 0.4) is 0 Å². The smallest absolute Gasteiger partial charge is 0.336 e. The van der Waals surface area contributed by atoms with Gasteiger partial charge in [0.05, 0.1) is 46.8 Å². The molecule has 0 atom stereocenters. The first-order valence-corrected chi connectivity index (χ1v) is 29.7. The zero-order valence-corrected chi connectivity index (χ0v) is 52.5. The van der Waals surface area contributed by atoms with Gasteiger partial charge in [-0.1, -0.05) is 148 Å². The summed E-state index contributed by atoms with van der Waals surface area (Å²) in [5, 5.41) is -2.38. The zero-order chi connectivity index (χ0) is 108. The van der Waals surface area contributed by atoms with Crippen LogP contribution in [0.15, 0.2) is 153 Å². The molecule has 0 fully saturated rings. The number of carbonyl (C=O) groups excluding carboxylic acids is 2. The number of rotatable bonds is 26. The van der Waals surface area contributed by atoms with Crippen LogP contribution in [0.5, 0.6) is 0 Å². The van der Waals surface area contributed by atoms with Gasteiger partial charge in [-0.3, -0.25) is 19.2 Å². The topological polar surface area (TPSA) is 117 Å². The third kappa shape index (κ3) is 18.8. The molecule has 2 aromatic heterocycles. The summed E-state index contributed by atoms with van der Waals surface area (Å²) in [5.41, 5.74) is -25.7. The quantitative estimate of drug-likeness (QED) is 0.0295. The number of hydrogen-bond acceptors (Lipinski definition) is 10. The summed E-state index contributed by atoms with van der Waals surface area (Å²) in [4.78, 5) is 66.4. The summed E-state index contributed by atoms with van der Waals surface area (Å²) < 4.78 is 489. The van der Waals surface area contributed by atoms with E-state index in [2.05, 4.69) is 9.97 Å². The first kappa shape index (κ1) is 34.0. The Labute approximate surface area is 625 Å². The lowest BCUT2D eigenvalue weighted by molar-refractivity contribution is -0.138. The van der Waals surface area contributed by atoms with E-state index in [1.165, 1.54) is 0 Å². The molecule has 0 radical (unpaired) electrons. The molecule has 2 aliphatic carbocycles. The molecule has 508 valence electrons. The summed E-state index contributed by atoms with van der Waals surface area (Å²) in [6, 6.07) is -26.9. The van der Waals surface area contributed by atoms with E-state index in [9.17, 15) is 55.0 Å². The SMILES string of the molecule is [2H]c1c([2H])c(C([2H])([2H])Sc2nc(=O)c3c(n2C([2H])([2H])C(=O)N(CCN(C([2H])([2H])C)C([2H])([2H])C)Cc2c([2H])c([2H])c(-c4c([2H])c([2H])c(C(F)(F)F)c(C)c4[2H])c([2H])c2[2H])C([2H])([2H])C([2H])([2H])C3([2H])[2H])c([2H])c([2H])c1F.[2H]c1c([2H])c(C([2H])([2H])Sc2nc(=O)c3c(n2C([2H])([2H])C(=O)N(CCN(C([2H])([2H])C)C([2H])([2H])C)Cc2c([2H])c([2H])c(-c4c([2H])c([2H])c(C(F)(F)F)c(C)c4[2H])c([2H])c2[2H])CCC3)c([2H])c([2H])c1F. The lowest BCUT2D eigenvalue weighted by atomic mass is 9.98. The van der Waals surface area contributed by atoms with Gasteiger partial charge in [0.1, 0.15) is 24.6 Å². The third-order valence-corrected chi connectivity index (χ3v) is 15.1. The van der Waals surface area contributed by atoms with Crippen LogP contribution < -0.4 is 11.1 Å². The van der Waals surface area contributed by atoms with Crippen LogP contribution in [0, 0.1) is 25.5 Å². The van der Waals surface area contributed by atoms with E-state index in [4.69, 9.17) is 54.8 Å². The molecule has 0 saturated heterocycles. The number of hydrogen-bond donors (Lipinski definition) is 0. The minimum atomic E-state index is -5.26. The highest BCUT2D eigenvalue weighted by atomic mass is 32.2. The van der Waals surface area contributed by atoms with Crippen LogP contribution in [-0.2, 0) is 85.0 Å². The number of likely N-dealkylation sites (N-methyl/N-ethyl adjacent to an activating group) is 2. The van der Waals surface area contributed by atoms with Gasteiger partial charge in [0.25, 0.3) is 11.1 Å². The molecule has 8 aromatic rings. The number of aromatic nitrogens is 4. The fourth-order valence-electron chi connectivity index (χ4n) is 8.89. The number of fused-ring (bicyclic) bond motifs is 2. The van der Waals surface area contributed by atoms with E-state index in [-0.39, 0.29) is 51.7 Å². The number of nitrogens with zero attached hydrogens (tertiary/aromatic N) is 8. The molecular formula is C74H80F8N8O4S2. The van der Waals surface area contributed by atoms with E-state index < -0.39 is 389 Å². The van der Waals surface area contributed by atoms with Crippen molar-refractivity contribution in [3.05, 3.63) is 232 Å². The molecule has 6 aromatic carbocycles. The molecule has 10 rings (SSSR count). The van der Waals surface area contributed by atoms with Crippen LogP contribution in [0.25, 0.3) is 22.3 Å². The largest absolute Gasteiger partial charge is 0.416 e. The molecule has 0 aliphatic heterocycles. The Bertz CT molecular complexity index is 6360. The van der Waals surface area contributed by atoms with Crippen LogP contribution >= 0.6 is 23.5 Å². The van der Waals surface area contributed by atoms with Crippen molar-refractivity contribution in [2.24, 2.45) is 0 Å². The van der Waals surface area contributed by atoms with Crippen molar-refractivity contribution in [2.45, 2.75) is 140 Å². The Morgan fingerprint density at radius 3 is 1.31 bits per heavy atom. The average Bonchev–Trinajstić information content (AvgIpc) is 1.50. The highest BCUT2D eigenvalue weighted by Gasteiger charge is 2.34. The van der Waals surface area contributed by atoms with Gasteiger partial charge in [-0.15, -0.1) is 0 Å². The molecular weight excluding hydrogens is 1280 g/mol. The number of thioether (sulfide) groups is 2. The van der Waals surface area contributed by atoms with E-state index in [0.29, 0.717) is 19.3 Å². The van der Waals surface area contributed by atoms with Crippen LogP contribution in [-0.4, -0.2) is 103 Å². The number of amides is 2. The standard InChI is InChI=1S/2C37H40F4N4O2S/c2*1-4-43(5-2)19-20-44(22-26-9-13-28(14-10-26)29-15-18-32(25(3)21-29)37(39,40)41)34(46)23-45-33-8-6-7-31(33)35(47)42-36(45)48-24-27-11-16-30(38)17-12-27/h2*9-18,21H,4-8,19-20,22-24H2,1-3H3/i4D2,5D2,6D2,7D2,8D2,9D,10D,11D,12D,13D,14D,15D,16D,17D,18D,21D,23D2,24D2;4D2,5D2,9D,10D,11D,12D,13D,14D,15D,16D,17D,18D,21D,23D2,24D2. The average molecular weight is 1410 g/mol. The number of carbonyl (C=O) groups is 2. The maximum absolute atomic E-state index is 15.2. The lowest BCUT2D eigenvalue weighted by Crippen LogP contribution is -2.40. The number of benzene rings is 6.